The number of fused-ring (bicyclic) bond motifs is 1. The molecule has 0 amide bonds. The molecule has 154 valence electrons. The molecule has 0 N–H and O–H groups in total. The first-order valence-corrected chi connectivity index (χ1v) is 11.3. The number of anilines is 1. The number of hydrogen-bond donors (Lipinski definition) is 0. The molecule has 1 aromatic heterocycles. The topological polar surface area (TPSA) is 49.7 Å². The van der Waals surface area contributed by atoms with E-state index in [1.54, 1.807) is 28.5 Å². The predicted octanol–water partition coefficient (Wildman–Crippen LogP) is 5.57. The summed E-state index contributed by atoms with van der Waals surface area (Å²) < 4.78 is 0. The minimum Gasteiger partial charge on any atom is -0.291 e. The van der Waals surface area contributed by atoms with Crippen LogP contribution in [0.4, 0.5) is 5.69 Å². The molecule has 0 saturated carbocycles. The average molecular weight is 435 g/mol. The summed E-state index contributed by atoms with van der Waals surface area (Å²) in [6.07, 6.45) is 0. The van der Waals surface area contributed by atoms with Gasteiger partial charge in [-0.15, -0.1) is 11.3 Å². The lowest BCUT2D eigenvalue weighted by Crippen LogP contribution is -2.56. The SMILES string of the molecule is O=C1c2ccccc2C(=O)C12[C@H](c1cccs1)C(c1ccccc1)=NN2c1ccccc1. The zero-order valence-electron chi connectivity index (χ0n) is 17.0. The van der Waals surface area contributed by atoms with Crippen molar-refractivity contribution in [3.05, 3.63) is 124 Å². The van der Waals surface area contributed by atoms with E-state index >= 15 is 0 Å². The Bertz CT molecular complexity index is 1330. The van der Waals surface area contributed by atoms with E-state index in [4.69, 9.17) is 5.10 Å². The van der Waals surface area contributed by atoms with E-state index < -0.39 is 11.5 Å². The molecule has 4 nitrogen and oxygen atoms in total. The number of para-hydroxylation sites is 1. The van der Waals surface area contributed by atoms with Crippen molar-refractivity contribution >= 4 is 34.3 Å². The van der Waals surface area contributed by atoms with Gasteiger partial charge in [0.2, 0.25) is 5.54 Å². The second-order valence-electron chi connectivity index (χ2n) is 7.92. The van der Waals surface area contributed by atoms with E-state index in [9.17, 15) is 9.59 Å². The summed E-state index contributed by atoms with van der Waals surface area (Å²) >= 11 is 1.55. The number of carbonyl (C=O) groups is 2. The van der Waals surface area contributed by atoms with Gasteiger partial charge in [-0.3, -0.25) is 9.59 Å². The second kappa shape index (κ2) is 7.11. The lowest BCUT2D eigenvalue weighted by atomic mass is 9.75. The van der Waals surface area contributed by atoms with Crippen LogP contribution in [0.15, 0.2) is 108 Å². The molecule has 3 aromatic carbocycles. The first-order chi connectivity index (χ1) is 15.7. The molecule has 2 aliphatic rings. The zero-order valence-corrected chi connectivity index (χ0v) is 17.8. The summed E-state index contributed by atoms with van der Waals surface area (Å²) in [4.78, 5) is 29.3. The number of hydrogen-bond acceptors (Lipinski definition) is 5. The van der Waals surface area contributed by atoms with Crippen LogP contribution < -0.4 is 5.01 Å². The van der Waals surface area contributed by atoms with Crippen molar-refractivity contribution in [1.82, 2.24) is 0 Å². The van der Waals surface area contributed by atoms with Crippen LogP contribution in [0.1, 0.15) is 37.1 Å². The largest absolute Gasteiger partial charge is 0.291 e. The van der Waals surface area contributed by atoms with Gasteiger partial charge in [0.25, 0.3) is 0 Å². The summed E-state index contributed by atoms with van der Waals surface area (Å²) in [7, 11) is 0. The van der Waals surface area contributed by atoms with Gasteiger partial charge >= 0.3 is 0 Å². The number of thiophene rings is 1. The quantitative estimate of drug-likeness (QED) is 0.396. The monoisotopic (exact) mass is 434 g/mol. The molecule has 1 aliphatic carbocycles. The third kappa shape index (κ3) is 2.46. The van der Waals surface area contributed by atoms with Gasteiger partial charge in [0.1, 0.15) is 0 Å². The van der Waals surface area contributed by atoms with E-state index in [-0.39, 0.29) is 11.6 Å². The second-order valence-corrected chi connectivity index (χ2v) is 8.90. The minimum atomic E-state index is -1.49. The number of benzene rings is 3. The summed E-state index contributed by atoms with van der Waals surface area (Å²) in [6, 6.07) is 30.4. The third-order valence-corrected chi connectivity index (χ3v) is 7.18. The van der Waals surface area contributed by atoms with E-state index in [2.05, 4.69) is 0 Å². The number of Topliss-reactive ketones (excluding diaryl/α,β-unsaturated/α-hetero) is 2. The highest BCUT2D eigenvalue weighted by molar-refractivity contribution is 7.10. The Morgan fingerprint density at radius 1 is 0.719 bits per heavy atom. The maximum absolute atomic E-state index is 14.2. The fraction of sp³-hybridized carbons (Fsp3) is 0.0741. The third-order valence-electron chi connectivity index (χ3n) is 6.24. The molecule has 0 saturated heterocycles. The van der Waals surface area contributed by atoms with Crippen molar-refractivity contribution in [3.8, 4) is 0 Å². The average Bonchev–Trinajstić information content (AvgIpc) is 3.55. The van der Waals surface area contributed by atoms with Crippen LogP contribution in [0.3, 0.4) is 0 Å². The van der Waals surface area contributed by atoms with Gasteiger partial charge in [-0.1, -0.05) is 78.9 Å². The molecule has 0 unspecified atom stereocenters. The van der Waals surface area contributed by atoms with E-state index in [1.165, 1.54) is 0 Å². The van der Waals surface area contributed by atoms with Crippen LogP contribution in [0.2, 0.25) is 0 Å². The lowest BCUT2D eigenvalue weighted by Gasteiger charge is -2.35. The molecule has 2 heterocycles. The van der Waals surface area contributed by atoms with E-state index in [1.807, 2.05) is 90.3 Å². The Morgan fingerprint density at radius 3 is 1.91 bits per heavy atom. The summed E-state index contributed by atoms with van der Waals surface area (Å²) in [5, 5.41) is 8.65. The molecule has 32 heavy (non-hydrogen) atoms. The van der Waals surface area contributed by atoms with Gasteiger partial charge in [-0.05, 0) is 29.1 Å². The first-order valence-electron chi connectivity index (χ1n) is 10.4. The van der Waals surface area contributed by atoms with Crippen LogP contribution in [0.25, 0.3) is 0 Å². The van der Waals surface area contributed by atoms with Crippen LogP contribution in [-0.2, 0) is 0 Å². The standard InChI is InChI=1S/C27H18N2O2S/c30-25-20-14-7-8-15-21(20)26(31)27(25)23(22-16-9-17-32-22)24(18-10-3-1-4-11-18)28-29(27)19-12-5-2-6-13-19/h1-17,23H/t23-/m1/s1. The van der Waals surface area contributed by atoms with Gasteiger partial charge < -0.3 is 0 Å². The van der Waals surface area contributed by atoms with Crippen LogP contribution >= 0.6 is 11.3 Å². The summed E-state index contributed by atoms with van der Waals surface area (Å²) in [5.41, 5.74) is 1.79. The maximum Gasteiger partial charge on any atom is 0.201 e. The predicted molar refractivity (Wildman–Crippen MR) is 127 cm³/mol. The number of nitrogens with zero attached hydrogens (tertiary/aromatic N) is 2. The molecule has 5 heteroatoms. The molecule has 1 spiro atoms. The van der Waals surface area contributed by atoms with E-state index in [0.29, 0.717) is 11.1 Å². The summed E-state index contributed by atoms with van der Waals surface area (Å²) in [6.45, 7) is 0. The normalized spacial score (nSPS) is 18.8. The van der Waals surface area contributed by atoms with Gasteiger partial charge in [-0.25, -0.2) is 5.01 Å². The highest BCUT2D eigenvalue weighted by Crippen LogP contribution is 2.52. The van der Waals surface area contributed by atoms with Crippen molar-refractivity contribution in [2.45, 2.75) is 11.5 Å². The molecule has 0 fully saturated rings. The molecule has 1 aliphatic heterocycles. The Morgan fingerprint density at radius 2 is 1.31 bits per heavy atom. The molecule has 1 atom stereocenters. The van der Waals surface area contributed by atoms with Gasteiger partial charge in [0.15, 0.2) is 11.6 Å². The highest BCUT2D eigenvalue weighted by atomic mass is 32.1. The summed E-state index contributed by atoms with van der Waals surface area (Å²) in [5.74, 6) is -0.914. The smallest absolute Gasteiger partial charge is 0.201 e. The molecular weight excluding hydrogens is 416 g/mol. The van der Waals surface area contributed by atoms with Crippen molar-refractivity contribution in [2.75, 3.05) is 5.01 Å². The van der Waals surface area contributed by atoms with Gasteiger partial charge in [0.05, 0.1) is 17.3 Å². The number of rotatable bonds is 3. The van der Waals surface area contributed by atoms with Crippen LogP contribution in [0.5, 0.6) is 0 Å². The zero-order chi connectivity index (χ0) is 21.7. The van der Waals surface area contributed by atoms with Gasteiger partial charge in [0, 0.05) is 16.0 Å². The molecule has 0 radical (unpaired) electrons. The number of ketones is 2. The molecular formula is C27H18N2O2S. The number of carbonyl (C=O) groups excluding carboxylic acids is 2. The van der Waals surface area contributed by atoms with Crippen molar-refractivity contribution in [3.63, 3.8) is 0 Å². The first kappa shape index (κ1) is 18.9. The lowest BCUT2D eigenvalue weighted by molar-refractivity contribution is 0.0792. The van der Waals surface area contributed by atoms with Crippen molar-refractivity contribution in [2.24, 2.45) is 5.10 Å². The minimum absolute atomic E-state index is 0.199. The van der Waals surface area contributed by atoms with Crippen molar-refractivity contribution in [1.29, 1.82) is 0 Å². The molecule has 4 aromatic rings. The van der Waals surface area contributed by atoms with Crippen LogP contribution in [-0.4, -0.2) is 22.8 Å². The fourth-order valence-corrected chi connectivity index (χ4v) is 5.76. The Hall–Kier alpha value is -3.83. The molecule has 0 bridgehead atoms. The fourth-order valence-electron chi connectivity index (χ4n) is 4.87. The molecule has 6 rings (SSSR count). The Kier molecular flexibility index (Phi) is 4.20. The Labute approximate surface area is 189 Å². The highest BCUT2D eigenvalue weighted by Gasteiger charge is 2.66. The Balaban J connectivity index is 1.67. The van der Waals surface area contributed by atoms with Gasteiger partial charge in [-0.2, -0.15) is 5.10 Å². The van der Waals surface area contributed by atoms with E-state index in [0.717, 1.165) is 21.8 Å². The van der Waals surface area contributed by atoms with Crippen molar-refractivity contribution < 1.29 is 9.59 Å². The number of hydrazone groups is 1. The maximum atomic E-state index is 14.2. The van der Waals surface area contributed by atoms with Crippen LogP contribution in [0, 0.1) is 0 Å².